The van der Waals surface area contributed by atoms with Crippen molar-refractivity contribution in [1.82, 2.24) is 15.3 Å². The first-order chi connectivity index (χ1) is 17.4. The topological polar surface area (TPSA) is 61.9 Å². The second-order valence-electron chi connectivity index (χ2n) is 10.4. The molecule has 1 saturated heterocycles. The molecule has 1 amide bonds. The van der Waals surface area contributed by atoms with Crippen molar-refractivity contribution in [3.05, 3.63) is 71.5 Å². The zero-order valence-electron chi connectivity index (χ0n) is 21.4. The van der Waals surface area contributed by atoms with Crippen LogP contribution >= 0.6 is 0 Å². The van der Waals surface area contributed by atoms with Gasteiger partial charge in [0.15, 0.2) is 0 Å². The summed E-state index contributed by atoms with van der Waals surface area (Å²) in [4.78, 5) is 34.4. The minimum Gasteiger partial charge on any atom is -0.366 e. The van der Waals surface area contributed by atoms with Crippen LogP contribution < -0.4 is 5.48 Å². The molecule has 36 heavy (non-hydrogen) atoms. The van der Waals surface area contributed by atoms with Crippen LogP contribution in [-0.4, -0.2) is 60.4 Å². The number of nitrogens with one attached hydrogen (secondary N) is 1. The quantitative estimate of drug-likeness (QED) is 0.548. The van der Waals surface area contributed by atoms with Gasteiger partial charge in [-0.05, 0) is 86.7 Å². The maximum Gasteiger partial charge on any atom is 0.356 e. The van der Waals surface area contributed by atoms with Crippen LogP contribution in [0.4, 0.5) is 4.39 Å². The summed E-state index contributed by atoms with van der Waals surface area (Å²) in [5.74, 6) is 0.287. The fraction of sp³-hybridized carbons (Fsp3) is 0.517. The van der Waals surface area contributed by atoms with Crippen molar-refractivity contribution < 1.29 is 18.8 Å². The number of hydrogen-bond acceptors (Lipinski definition) is 5. The summed E-state index contributed by atoms with van der Waals surface area (Å²) < 4.78 is 13.3. The molecule has 194 valence electrons. The van der Waals surface area contributed by atoms with E-state index in [2.05, 4.69) is 10.4 Å². The third kappa shape index (κ3) is 7.14. The van der Waals surface area contributed by atoms with E-state index in [0.29, 0.717) is 11.5 Å². The van der Waals surface area contributed by atoms with Crippen molar-refractivity contribution in [2.24, 2.45) is 11.8 Å². The number of amides is 1. The van der Waals surface area contributed by atoms with E-state index >= 15 is 0 Å². The van der Waals surface area contributed by atoms with Gasteiger partial charge < -0.3 is 14.6 Å². The van der Waals surface area contributed by atoms with Crippen LogP contribution in [-0.2, 0) is 16.1 Å². The van der Waals surface area contributed by atoms with Gasteiger partial charge in [-0.2, -0.15) is 0 Å². The Morgan fingerprint density at radius 1 is 1.08 bits per heavy atom. The minimum absolute atomic E-state index is 0.0340. The first kappa shape index (κ1) is 26.3. The summed E-state index contributed by atoms with van der Waals surface area (Å²) in [6.07, 6.45) is 5.84. The van der Waals surface area contributed by atoms with Crippen molar-refractivity contribution in [1.29, 1.82) is 0 Å². The van der Waals surface area contributed by atoms with Crippen LogP contribution in [0.15, 0.2) is 54.6 Å². The summed E-state index contributed by atoms with van der Waals surface area (Å²) >= 11 is 0. The van der Waals surface area contributed by atoms with Gasteiger partial charge in [0.05, 0.1) is 5.56 Å². The van der Waals surface area contributed by atoms with Gasteiger partial charge in [-0.25, -0.2) is 9.18 Å². The zero-order chi connectivity index (χ0) is 25.5. The van der Waals surface area contributed by atoms with E-state index in [1.807, 2.05) is 42.3 Å². The van der Waals surface area contributed by atoms with E-state index in [9.17, 15) is 14.0 Å². The van der Waals surface area contributed by atoms with Gasteiger partial charge >= 0.3 is 5.97 Å². The predicted octanol–water partition coefficient (Wildman–Crippen LogP) is 4.46. The molecule has 2 fully saturated rings. The second-order valence-corrected chi connectivity index (χ2v) is 10.4. The van der Waals surface area contributed by atoms with Crippen LogP contribution in [0.1, 0.15) is 54.9 Å². The largest absolute Gasteiger partial charge is 0.366 e. The Kier molecular flexibility index (Phi) is 9.10. The highest BCUT2D eigenvalue weighted by Crippen LogP contribution is 2.31. The van der Waals surface area contributed by atoms with E-state index in [0.717, 1.165) is 51.7 Å². The van der Waals surface area contributed by atoms with Crippen molar-refractivity contribution in [3.8, 4) is 0 Å². The van der Waals surface area contributed by atoms with Crippen molar-refractivity contribution in [2.45, 2.75) is 57.5 Å². The molecular weight excluding hydrogens is 457 g/mol. The first-order valence-corrected chi connectivity index (χ1v) is 13.1. The highest BCUT2D eigenvalue weighted by molar-refractivity contribution is 5.89. The molecule has 1 saturated carbocycles. The molecule has 0 aromatic heterocycles. The molecule has 0 bridgehead atoms. The van der Waals surface area contributed by atoms with Crippen molar-refractivity contribution in [2.75, 3.05) is 26.7 Å². The molecule has 4 atom stereocenters. The molecule has 1 heterocycles. The molecule has 7 heteroatoms. The van der Waals surface area contributed by atoms with Gasteiger partial charge in [-0.3, -0.25) is 4.79 Å². The summed E-state index contributed by atoms with van der Waals surface area (Å²) in [6.45, 7) is 4.55. The van der Waals surface area contributed by atoms with Crippen LogP contribution in [0.25, 0.3) is 0 Å². The number of piperidine rings is 1. The Labute approximate surface area is 213 Å². The lowest BCUT2D eigenvalue weighted by molar-refractivity contribution is -0.130. The Morgan fingerprint density at radius 3 is 2.56 bits per heavy atom. The van der Waals surface area contributed by atoms with Gasteiger partial charge in [0, 0.05) is 39.1 Å². The lowest BCUT2D eigenvalue weighted by Gasteiger charge is -2.43. The van der Waals surface area contributed by atoms with E-state index in [1.54, 1.807) is 19.1 Å². The molecule has 2 aromatic rings. The monoisotopic (exact) mass is 495 g/mol. The molecule has 4 rings (SSSR count). The standard InChI is InChI=1S/C29H38FN3O3/c1-21(34)32(2)27-14-15-28(31-36-29(35)24-8-4-3-5-9-24)25(18-27)20-33-16-6-7-23(19-33)17-22-10-12-26(30)13-11-22/h3-5,8-13,23,25,27-28,31H,6-7,14-20H2,1-2H3/t23-,25-,27+,28+/m0/s1. The molecule has 2 aliphatic rings. The minimum atomic E-state index is -0.380. The molecule has 1 aliphatic carbocycles. The number of benzene rings is 2. The molecule has 0 unspecified atom stereocenters. The fourth-order valence-electron chi connectivity index (χ4n) is 5.74. The molecule has 1 aliphatic heterocycles. The number of carbonyl (C=O) groups excluding carboxylic acids is 2. The lowest BCUT2D eigenvalue weighted by Crippen LogP contribution is -2.52. The van der Waals surface area contributed by atoms with Gasteiger partial charge in [-0.1, -0.05) is 30.3 Å². The summed E-state index contributed by atoms with van der Waals surface area (Å²) in [5, 5.41) is 0. The summed E-state index contributed by atoms with van der Waals surface area (Å²) in [5.41, 5.74) is 4.79. The maximum absolute atomic E-state index is 13.3. The second kappa shape index (κ2) is 12.5. The third-order valence-electron chi connectivity index (χ3n) is 7.85. The molecule has 2 aromatic carbocycles. The Balaban J connectivity index is 1.38. The van der Waals surface area contributed by atoms with E-state index in [4.69, 9.17) is 4.84 Å². The average Bonchev–Trinajstić information content (AvgIpc) is 2.89. The Bertz CT molecular complexity index is 1000. The van der Waals surface area contributed by atoms with Crippen LogP contribution in [0, 0.1) is 17.7 Å². The van der Waals surface area contributed by atoms with Gasteiger partial charge in [-0.15, -0.1) is 5.48 Å². The normalized spacial score (nSPS) is 24.8. The lowest BCUT2D eigenvalue weighted by atomic mass is 9.80. The third-order valence-corrected chi connectivity index (χ3v) is 7.85. The SMILES string of the molecule is CC(=O)N(C)[C@@H]1CC[C@@H](NOC(=O)c2ccccc2)[C@H](CN2CCC[C@@H](Cc3ccc(F)cc3)C2)C1. The molecule has 0 radical (unpaired) electrons. The van der Waals surface area contributed by atoms with Crippen LogP contribution in [0.2, 0.25) is 0 Å². The number of hydrogen-bond donors (Lipinski definition) is 1. The van der Waals surface area contributed by atoms with Gasteiger partial charge in [0.25, 0.3) is 0 Å². The number of likely N-dealkylation sites (tertiary alicyclic amines) is 1. The van der Waals surface area contributed by atoms with Gasteiger partial charge in [0.2, 0.25) is 5.91 Å². The van der Waals surface area contributed by atoms with E-state index in [1.165, 1.54) is 24.1 Å². The molecule has 1 N–H and O–H groups in total. The summed E-state index contributed by atoms with van der Waals surface area (Å²) in [7, 11) is 1.88. The molecule has 0 spiro atoms. The number of halogens is 1. The number of nitrogens with zero attached hydrogens (tertiary/aromatic N) is 2. The maximum atomic E-state index is 13.3. The molecular formula is C29H38FN3O3. The average molecular weight is 496 g/mol. The fourth-order valence-corrected chi connectivity index (χ4v) is 5.74. The zero-order valence-corrected chi connectivity index (χ0v) is 21.4. The molecule has 6 nitrogen and oxygen atoms in total. The Hall–Kier alpha value is -2.77. The smallest absolute Gasteiger partial charge is 0.356 e. The summed E-state index contributed by atoms with van der Waals surface area (Å²) in [6, 6.07) is 16.1. The highest BCUT2D eigenvalue weighted by Gasteiger charge is 2.36. The number of hydroxylamine groups is 1. The van der Waals surface area contributed by atoms with Gasteiger partial charge in [0.1, 0.15) is 5.82 Å². The van der Waals surface area contributed by atoms with E-state index < -0.39 is 0 Å². The highest BCUT2D eigenvalue weighted by atomic mass is 19.1. The van der Waals surface area contributed by atoms with Crippen molar-refractivity contribution in [3.63, 3.8) is 0 Å². The van der Waals surface area contributed by atoms with E-state index in [-0.39, 0.29) is 35.7 Å². The van der Waals surface area contributed by atoms with Crippen LogP contribution in [0.5, 0.6) is 0 Å². The number of rotatable bonds is 8. The Morgan fingerprint density at radius 2 is 1.83 bits per heavy atom. The first-order valence-electron chi connectivity index (χ1n) is 13.1. The van der Waals surface area contributed by atoms with Crippen LogP contribution in [0.3, 0.4) is 0 Å². The number of carbonyl (C=O) groups is 2. The predicted molar refractivity (Wildman–Crippen MR) is 138 cm³/mol. The van der Waals surface area contributed by atoms with Crippen molar-refractivity contribution >= 4 is 11.9 Å².